The van der Waals surface area contributed by atoms with Gasteiger partial charge < -0.3 is 9.30 Å². The molecule has 0 amide bonds. The van der Waals surface area contributed by atoms with E-state index >= 15 is 0 Å². The molecule has 1 aromatic heterocycles. The van der Waals surface area contributed by atoms with E-state index in [4.69, 9.17) is 4.74 Å². The summed E-state index contributed by atoms with van der Waals surface area (Å²) in [6.45, 7) is 5.72. The molecule has 0 saturated heterocycles. The van der Waals surface area contributed by atoms with Gasteiger partial charge in [-0.05, 0) is 29.9 Å². The number of aryl methyl sites for hydroxylation is 1. The van der Waals surface area contributed by atoms with Gasteiger partial charge in [-0.2, -0.15) is 0 Å². The SMILES string of the molecule is CC(C)CCCCCOC(=O)CCn1ccc2ccccc21. The Bertz CT molecular complexity index is 586. The van der Waals surface area contributed by atoms with Crippen LogP contribution in [0.15, 0.2) is 36.5 Å². The molecule has 1 heterocycles. The number of aromatic nitrogens is 1. The zero-order valence-corrected chi connectivity index (χ0v) is 13.8. The van der Waals surface area contributed by atoms with Gasteiger partial charge in [-0.3, -0.25) is 4.79 Å². The summed E-state index contributed by atoms with van der Waals surface area (Å²) >= 11 is 0. The van der Waals surface area contributed by atoms with Gasteiger partial charge in [-0.15, -0.1) is 0 Å². The van der Waals surface area contributed by atoms with E-state index in [1.807, 2.05) is 18.3 Å². The van der Waals surface area contributed by atoms with E-state index in [2.05, 4.69) is 36.6 Å². The van der Waals surface area contributed by atoms with Gasteiger partial charge in [-0.25, -0.2) is 0 Å². The molecule has 2 rings (SSSR count). The minimum atomic E-state index is -0.0957. The third-order valence-electron chi connectivity index (χ3n) is 3.93. The molecule has 1 aromatic carbocycles. The van der Waals surface area contributed by atoms with Crippen LogP contribution in [0.3, 0.4) is 0 Å². The summed E-state index contributed by atoms with van der Waals surface area (Å²) in [7, 11) is 0. The molecule has 0 N–H and O–H groups in total. The van der Waals surface area contributed by atoms with Gasteiger partial charge in [0.2, 0.25) is 0 Å². The minimum Gasteiger partial charge on any atom is -0.466 e. The molecule has 3 nitrogen and oxygen atoms in total. The van der Waals surface area contributed by atoms with Crippen molar-refractivity contribution < 1.29 is 9.53 Å². The lowest BCUT2D eigenvalue weighted by atomic mass is 10.1. The van der Waals surface area contributed by atoms with E-state index in [0.29, 0.717) is 19.6 Å². The molecule has 0 saturated carbocycles. The number of nitrogens with zero attached hydrogens (tertiary/aromatic N) is 1. The highest BCUT2D eigenvalue weighted by Crippen LogP contribution is 2.15. The Kier molecular flexibility index (Phi) is 6.50. The Labute approximate surface area is 133 Å². The summed E-state index contributed by atoms with van der Waals surface area (Å²) in [6.07, 6.45) is 7.08. The number of hydrogen-bond acceptors (Lipinski definition) is 2. The van der Waals surface area contributed by atoms with Crippen molar-refractivity contribution >= 4 is 16.9 Å². The number of fused-ring (bicyclic) bond motifs is 1. The molecule has 0 radical (unpaired) electrons. The van der Waals surface area contributed by atoms with E-state index in [-0.39, 0.29) is 5.97 Å². The van der Waals surface area contributed by atoms with Crippen LogP contribution in [0, 0.1) is 5.92 Å². The number of ether oxygens (including phenoxy) is 1. The first kappa shape index (κ1) is 16.6. The molecular weight excluding hydrogens is 274 g/mol. The lowest BCUT2D eigenvalue weighted by Crippen LogP contribution is -2.09. The van der Waals surface area contributed by atoms with Crippen molar-refractivity contribution in [2.45, 2.75) is 52.5 Å². The van der Waals surface area contributed by atoms with Crippen LogP contribution in [0.4, 0.5) is 0 Å². The van der Waals surface area contributed by atoms with Crippen molar-refractivity contribution in [2.24, 2.45) is 5.92 Å². The predicted octanol–water partition coefficient (Wildman–Crippen LogP) is 4.79. The number of rotatable bonds is 9. The first-order chi connectivity index (χ1) is 10.7. The highest BCUT2D eigenvalue weighted by molar-refractivity contribution is 5.80. The third kappa shape index (κ3) is 5.21. The first-order valence-corrected chi connectivity index (χ1v) is 8.36. The Balaban J connectivity index is 1.64. The Morgan fingerprint density at radius 1 is 1.14 bits per heavy atom. The van der Waals surface area contributed by atoms with Gasteiger partial charge >= 0.3 is 5.97 Å². The second-order valence-corrected chi connectivity index (χ2v) is 6.28. The minimum absolute atomic E-state index is 0.0957. The highest BCUT2D eigenvalue weighted by Gasteiger charge is 2.05. The quantitative estimate of drug-likeness (QED) is 0.492. The fourth-order valence-corrected chi connectivity index (χ4v) is 2.64. The Hall–Kier alpha value is -1.77. The molecule has 0 aliphatic heterocycles. The molecule has 0 bridgehead atoms. The van der Waals surface area contributed by atoms with Crippen molar-refractivity contribution in [3.05, 3.63) is 36.5 Å². The summed E-state index contributed by atoms with van der Waals surface area (Å²) < 4.78 is 7.42. The van der Waals surface area contributed by atoms with Crippen molar-refractivity contribution in [3.63, 3.8) is 0 Å². The van der Waals surface area contributed by atoms with Gasteiger partial charge in [0, 0.05) is 18.3 Å². The van der Waals surface area contributed by atoms with E-state index in [0.717, 1.165) is 18.8 Å². The van der Waals surface area contributed by atoms with Crippen LogP contribution in [0.25, 0.3) is 10.9 Å². The molecule has 120 valence electrons. The van der Waals surface area contributed by atoms with Crippen LogP contribution < -0.4 is 0 Å². The number of carbonyl (C=O) groups is 1. The monoisotopic (exact) mass is 301 g/mol. The lowest BCUT2D eigenvalue weighted by molar-refractivity contribution is -0.144. The summed E-state index contributed by atoms with van der Waals surface area (Å²) in [5.41, 5.74) is 1.17. The maximum absolute atomic E-state index is 11.8. The van der Waals surface area contributed by atoms with Gasteiger partial charge in [0.15, 0.2) is 0 Å². The lowest BCUT2D eigenvalue weighted by Gasteiger charge is -2.07. The fraction of sp³-hybridized carbons (Fsp3) is 0.526. The van der Waals surface area contributed by atoms with Crippen LogP contribution in [-0.2, 0) is 16.1 Å². The number of esters is 1. The largest absolute Gasteiger partial charge is 0.466 e. The number of benzene rings is 1. The number of hydrogen-bond donors (Lipinski definition) is 0. The standard InChI is InChI=1S/C19H27NO2/c1-16(2)8-4-3-7-15-22-19(21)12-14-20-13-11-17-9-5-6-10-18(17)20/h5-6,9-11,13,16H,3-4,7-8,12,14-15H2,1-2H3. The molecule has 0 unspecified atom stereocenters. The second-order valence-electron chi connectivity index (χ2n) is 6.28. The zero-order valence-electron chi connectivity index (χ0n) is 13.8. The molecular formula is C19H27NO2. The van der Waals surface area contributed by atoms with Crippen LogP contribution in [0.5, 0.6) is 0 Å². The Morgan fingerprint density at radius 2 is 1.95 bits per heavy atom. The number of unbranched alkanes of at least 4 members (excludes halogenated alkanes) is 2. The summed E-state index contributed by atoms with van der Waals surface area (Å²) in [6, 6.07) is 10.3. The van der Waals surface area contributed by atoms with Gasteiger partial charge in [0.1, 0.15) is 0 Å². The van der Waals surface area contributed by atoms with Crippen molar-refractivity contribution in [1.29, 1.82) is 0 Å². The van der Waals surface area contributed by atoms with E-state index in [1.54, 1.807) is 0 Å². The van der Waals surface area contributed by atoms with Crippen molar-refractivity contribution in [2.75, 3.05) is 6.61 Å². The van der Waals surface area contributed by atoms with Gasteiger partial charge in [0.05, 0.1) is 13.0 Å². The predicted molar refractivity (Wildman–Crippen MR) is 90.8 cm³/mol. The summed E-state index contributed by atoms with van der Waals surface area (Å²) in [5, 5.41) is 1.21. The van der Waals surface area contributed by atoms with Crippen LogP contribution in [-0.4, -0.2) is 17.1 Å². The molecule has 0 aliphatic carbocycles. The van der Waals surface area contributed by atoms with Crippen LogP contribution in [0.1, 0.15) is 46.0 Å². The first-order valence-electron chi connectivity index (χ1n) is 8.36. The van der Waals surface area contributed by atoms with Gasteiger partial charge in [-0.1, -0.05) is 51.3 Å². The topological polar surface area (TPSA) is 31.2 Å². The molecule has 0 atom stereocenters. The van der Waals surface area contributed by atoms with E-state index in [1.165, 1.54) is 23.7 Å². The molecule has 2 aromatic rings. The maximum atomic E-state index is 11.8. The van der Waals surface area contributed by atoms with E-state index < -0.39 is 0 Å². The normalized spacial score (nSPS) is 11.2. The Morgan fingerprint density at radius 3 is 2.77 bits per heavy atom. The summed E-state index contributed by atoms with van der Waals surface area (Å²) in [4.78, 5) is 11.8. The van der Waals surface area contributed by atoms with Crippen molar-refractivity contribution in [1.82, 2.24) is 4.57 Å². The van der Waals surface area contributed by atoms with E-state index in [9.17, 15) is 4.79 Å². The van der Waals surface area contributed by atoms with Crippen molar-refractivity contribution in [3.8, 4) is 0 Å². The van der Waals surface area contributed by atoms with Crippen LogP contribution in [0.2, 0.25) is 0 Å². The van der Waals surface area contributed by atoms with Crippen LogP contribution >= 0.6 is 0 Å². The fourth-order valence-electron chi connectivity index (χ4n) is 2.64. The van der Waals surface area contributed by atoms with Gasteiger partial charge in [0.25, 0.3) is 0 Å². The molecule has 0 spiro atoms. The number of para-hydroxylation sites is 1. The maximum Gasteiger partial charge on any atom is 0.307 e. The molecule has 3 heteroatoms. The smallest absolute Gasteiger partial charge is 0.307 e. The zero-order chi connectivity index (χ0) is 15.8. The average Bonchev–Trinajstić information content (AvgIpc) is 2.91. The molecule has 0 aliphatic rings. The summed E-state index contributed by atoms with van der Waals surface area (Å²) in [5.74, 6) is 0.667. The second kappa shape index (κ2) is 8.62. The molecule has 0 fully saturated rings. The average molecular weight is 301 g/mol. The third-order valence-corrected chi connectivity index (χ3v) is 3.93. The number of carbonyl (C=O) groups excluding carboxylic acids is 1. The molecule has 22 heavy (non-hydrogen) atoms. The highest BCUT2D eigenvalue weighted by atomic mass is 16.5.